The van der Waals surface area contributed by atoms with Gasteiger partial charge in [0, 0.05) is 43.8 Å². The molecular formula is C27H43ClFN3O3. The molecule has 2 unspecified atom stereocenters. The van der Waals surface area contributed by atoms with Gasteiger partial charge < -0.3 is 26.2 Å². The van der Waals surface area contributed by atoms with E-state index < -0.39 is 23.4 Å². The van der Waals surface area contributed by atoms with Crippen LogP contribution in [0.2, 0.25) is 5.02 Å². The monoisotopic (exact) mass is 511 g/mol. The van der Waals surface area contributed by atoms with Crippen molar-refractivity contribution in [3.63, 3.8) is 0 Å². The Morgan fingerprint density at radius 1 is 1.23 bits per heavy atom. The zero-order valence-electron chi connectivity index (χ0n) is 21.1. The highest BCUT2D eigenvalue weighted by atomic mass is 35.5. The van der Waals surface area contributed by atoms with Crippen molar-refractivity contribution in [3.8, 4) is 0 Å². The number of carbonyl (C=O) groups excluding carboxylic acids is 1. The first-order valence-electron chi connectivity index (χ1n) is 13.2. The molecule has 8 heteroatoms. The number of halogens is 2. The fraction of sp³-hybridized carbons (Fsp3) is 0.741. The van der Waals surface area contributed by atoms with E-state index >= 15 is 4.39 Å². The number of benzene rings is 1. The lowest BCUT2D eigenvalue weighted by atomic mass is 9.68. The van der Waals surface area contributed by atoms with Crippen LogP contribution < -0.4 is 11.5 Å². The van der Waals surface area contributed by atoms with E-state index in [-0.39, 0.29) is 22.7 Å². The SMILES string of the molecule is COCCCC[C@@](O)(c1cccc(Cl)c1F)C1CCCN(C(N)=O)C1C[C@@H](N)CC1CCCCC1. The van der Waals surface area contributed by atoms with Crippen molar-refractivity contribution in [2.45, 2.75) is 94.7 Å². The minimum atomic E-state index is -1.51. The van der Waals surface area contributed by atoms with Crippen molar-refractivity contribution < 1.29 is 19.0 Å². The molecule has 1 saturated carbocycles. The van der Waals surface area contributed by atoms with Gasteiger partial charge in [0.25, 0.3) is 0 Å². The molecule has 5 N–H and O–H groups in total. The molecule has 2 amide bonds. The van der Waals surface area contributed by atoms with Crippen LogP contribution in [0.4, 0.5) is 9.18 Å². The summed E-state index contributed by atoms with van der Waals surface area (Å²) in [6, 6.07) is 3.76. The Labute approximate surface area is 214 Å². The van der Waals surface area contributed by atoms with Gasteiger partial charge in [0.15, 0.2) is 0 Å². The van der Waals surface area contributed by atoms with Crippen LogP contribution in [0.15, 0.2) is 18.2 Å². The molecule has 3 rings (SSSR count). The van der Waals surface area contributed by atoms with Crippen LogP contribution in [0.1, 0.15) is 82.6 Å². The Hall–Kier alpha value is -1.41. The number of rotatable bonds is 11. The first-order chi connectivity index (χ1) is 16.8. The summed E-state index contributed by atoms with van der Waals surface area (Å²) in [7, 11) is 1.64. The van der Waals surface area contributed by atoms with Gasteiger partial charge in [0.2, 0.25) is 0 Å². The third-order valence-corrected chi connectivity index (χ3v) is 8.45. The van der Waals surface area contributed by atoms with Gasteiger partial charge in [-0.15, -0.1) is 0 Å². The lowest BCUT2D eigenvalue weighted by molar-refractivity contribution is -0.0843. The molecule has 2 aliphatic rings. The maximum Gasteiger partial charge on any atom is 0.315 e. The second-order valence-electron chi connectivity index (χ2n) is 10.6. The lowest BCUT2D eigenvalue weighted by Crippen LogP contribution is -2.58. The summed E-state index contributed by atoms with van der Waals surface area (Å²) < 4.78 is 20.5. The van der Waals surface area contributed by atoms with Gasteiger partial charge in [0.05, 0.1) is 10.6 Å². The molecule has 6 nitrogen and oxygen atoms in total. The van der Waals surface area contributed by atoms with Crippen molar-refractivity contribution in [1.29, 1.82) is 0 Å². The largest absolute Gasteiger partial charge is 0.385 e. The molecule has 4 atom stereocenters. The minimum Gasteiger partial charge on any atom is -0.385 e. The van der Waals surface area contributed by atoms with Gasteiger partial charge in [-0.05, 0) is 56.9 Å². The van der Waals surface area contributed by atoms with Crippen molar-refractivity contribution in [3.05, 3.63) is 34.6 Å². The number of likely N-dealkylation sites (tertiary alicyclic amines) is 1. The van der Waals surface area contributed by atoms with E-state index in [1.165, 1.54) is 38.2 Å². The van der Waals surface area contributed by atoms with E-state index in [1.54, 1.807) is 24.1 Å². The van der Waals surface area contributed by atoms with Crippen LogP contribution in [-0.2, 0) is 10.3 Å². The summed E-state index contributed by atoms with van der Waals surface area (Å²) in [5.41, 5.74) is 11.1. The summed E-state index contributed by atoms with van der Waals surface area (Å²) in [5, 5.41) is 12.2. The molecule has 1 aromatic rings. The molecule has 1 heterocycles. The minimum absolute atomic E-state index is 0.0223. The molecule has 0 aromatic heterocycles. The number of urea groups is 1. The Morgan fingerprint density at radius 3 is 2.66 bits per heavy atom. The molecular weight excluding hydrogens is 469 g/mol. The Morgan fingerprint density at radius 2 is 1.97 bits per heavy atom. The number of aliphatic hydroxyl groups is 1. The van der Waals surface area contributed by atoms with E-state index in [0.29, 0.717) is 51.2 Å². The molecule has 0 radical (unpaired) electrons. The van der Waals surface area contributed by atoms with E-state index in [2.05, 4.69) is 0 Å². The van der Waals surface area contributed by atoms with Crippen LogP contribution in [0, 0.1) is 17.7 Å². The maximum absolute atomic E-state index is 15.3. The third-order valence-electron chi connectivity index (χ3n) is 8.15. The smallest absolute Gasteiger partial charge is 0.315 e. The molecule has 1 saturated heterocycles. The number of amides is 2. The van der Waals surface area contributed by atoms with Crippen molar-refractivity contribution in [2.24, 2.45) is 23.3 Å². The summed E-state index contributed by atoms with van der Waals surface area (Å²) in [5.74, 6) is -0.414. The van der Waals surface area contributed by atoms with E-state index in [4.69, 9.17) is 27.8 Å². The van der Waals surface area contributed by atoms with Gasteiger partial charge >= 0.3 is 6.03 Å². The van der Waals surface area contributed by atoms with Crippen LogP contribution >= 0.6 is 11.6 Å². The third kappa shape index (κ3) is 7.09. The number of primary amides is 1. The van der Waals surface area contributed by atoms with Crippen LogP contribution in [0.5, 0.6) is 0 Å². The number of unbranched alkanes of at least 4 members (excludes halogenated alkanes) is 1. The predicted octanol–water partition coefficient (Wildman–Crippen LogP) is 5.33. The maximum atomic E-state index is 15.3. The second-order valence-corrected chi connectivity index (χ2v) is 11.0. The molecule has 2 fully saturated rings. The summed E-state index contributed by atoms with van der Waals surface area (Å²) in [6.07, 6.45) is 10.6. The average Bonchev–Trinajstić information content (AvgIpc) is 2.84. The summed E-state index contributed by atoms with van der Waals surface area (Å²) in [6.45, 7) is 1.08. The van der Waals surface area contributed by atoms with Gasteiger partial charge in [-0.1, -0.05) is 55.8 Å². The molecule has 0 spiro atoms. The van der Waals surface area contributed by atoms with E-state index in [9.17, 15) is 9.90 Å². The number of hydrogen-bond acceptors (Lipinski definition) is 4. The molecule has 198 valence electrons. The highest BCUT2D eigenvalue weighted by Gasteiger charge is 2.48. The van der Waals surface area contributed by atoms with Crippen molar-refractivity contribution in [1.82, 2.24) is 4.90 Å². The van der Waals surface area contributed by atoms with Crippen molar-refractivity contribution >= 4 is 17.6 Å². The predicted molar refractivity (Wildman–Crippen MR) is 138 cm³/mol. The quantitative estimate of drug-likeness (QED) is 0.349. The number of methoxy groups -OCH3 is 1. The Bertz CT molecular complexity index is 823. The number of piperidine rings is 1. The van der Waals surface area contributed by atoms with Crippen LogP contribution in [0.25, 0.3) is 0 Å². The highest BCUT2D eigenvalue weighted by molar-refractivity contribution is 6.30. The van der Waals surface area contributed by atoms with Crippen LogP contribution in [-0.4, -0.2) is 48.4 Å². The average molecular weight is 512 g/mol. The topological polar surface area (TPSA) is 102 Å². The van der Waals surface area contributed by atoms with Gasteiger partial charge in [-0.2, -0.15) is 0 Å². The highest BCUT2D eigenvalue weighted by Crippen LogP contribution is 2.45. The molecule has 35 heavy (non-hydrogen) atoms. The Balaban J connectivity index is 1.92. The lowest BCUT2D eigenvalue weighted by Gasteiger charge is -2.49. The molecule has 1 aliphatic carbocycles. The fourth-order valence-electron chi connectivity index (χ4n) is 6.44. The summed E-state index contributed by atoms with van der Waals surface area (Å²) >= 11 is 6.14. The first kappa shape index (κ1) is 28.2. The van der Waals surface area contributed by atoms with E-state index in [1.807, 2.05) is 0 Å². The fourth-order valence-corrected chi connectivity index (χ4v) is 6.61. The number of ether oxygens (including phenoxy) is 1. The van der Waals surface area contributed by atoms with E-state index in [0.717, 1.165) is 12.8 Å². The summed E-state index contributed by atoms with van der Waals surface area (Å²) in [4.78, 5) is 14.1. The van der Waals surface area contributed by atoms with Gasteiger partial charge in [-0.25, -0.2) is 9.18 Å². The standard InChI is InChI=1S/C27H43ClFN3O3/c1-35-16-6-5-14-27(34,22-11-7-13-23(28)25(22)29)21-12-8-15-32(26(31)33)24(21)18-20(30)17-19-9-3-2-4-10-19/h7,11,13,19-21,24,34H,2-6,8-10,12,14-18,30H2,1H3,(H2,31,33)/t20-,21?,24?,27-/m0/s1. The normalized spacial score (nSPS) is 24.2. The molecule has 1 aliphatic heterocycles. The van der Waals surface area contributed by atoms with Gasteiger partial charge in [0.1, 0.15) is 5.82 Å². The van der Waals surface area contributed by atoms with Gasteiger partial charge in [-0.3, -0.25) is 0 Å². The zero-order chi connectivity index (χ0) is 25.4. The number of nitrogens with two attached hydrogens (primary N) is 2. The molecule has 1 aromatic carbocycles. The van der Waals surface area contributed by atoms with Crippen molar-refractivity contribution in [2.75, 3.05) is 20.3 Å². The van der Waals surface area contributed by atoms with Crippen LogP contribution in [0.3, 0.4) is 0 Å². The Kier molecular flexibility index (Phi) is 10.6. The first-order valence-corrected chi connectivity index (χ1v) is 13.6. The number of hydrogen-bond donors (Lipinski definition) is 3. The second kappa shape index (κ2) is 13.2. The number of nitrogens with zero attached hydrogens (tertiary/aromatic N) is 1. The zero-order valence-corrected chi connectivity index (χ0v) is 21.8. The number of carbonyl (C=O) groups is 1. The molecule has 0 bridgehead atoms.